The van der Waals surface area contributed by atoms with Gasteiger partial charge in [0.1, 0.15) is 0 Å². The second kappa shape index (κ2) is 2.75. The molecule has 0 aliphatic carbocycles. The molecule has 1 aliphatic rings. The molecule has 0 fully saturated rings. The SMILES string of the molecule is O=C1Cc2c(ccnc2CCl)N1. The summed E-state index contributed by atoms with van der Waals surface area (Å²) in [6, 6.07) is 1.79. The first-order valence-electron chi connectivity index (χ1n) is 3.64. The number of nitrogens with one attached hydrogen (secondary N) is 1. The molecule has 2 rings (SSSR count). The molecule has 1 aromatic rings. The van der Waals surface area contributed by atoms with Crippen LogP contribution in [-0.4, -0.2) is 10.9 Å². The maximum atomic E-state index is 11.0. The van der Waals surface area contributed by atoms with Crippen molar-refractivity contribution in [1.29, 1.82) is 0 Å². The van der Waals surface area contributed by atoms with Crippen LogP contribution in [0.5, 0.6) is 0 Å². The fourth-order valence-electron chi connectivity index (χ4n) is 1.32. The summed E-state index contributed by atoms with van der Waals surface area (Å²) in [5.74, 6) is 0.377. The Hall–Kier alpha value is -1.09. The number of nitrogens with zero attached hydrogens (tertiary/aromatic N) is 1. The van der Waals surface area contributed by atoms with Gasteiger partial charge in [-0.25, -0.2) is 0 Å². The number of rotatable bonds is 1. The van der Waals surface area contributed by atoms with Crippen molar-refractivity contribution >= 4 is 23.2 Å². The third kappa shape index (κ3) is 1.06. The highest BCUT2D eigenvalue weighted by Crippen LogP contribution is 2.25. The van der Waals surface area contributed by atoms with Crippen molar-refractivity contribution in [3.05, 3.63) is 23.5 Å². The Labute approximate surface area is 74.8 Å². The molecule has 0 saturated carbocycles. The lowest BCUT2D eigenvalue weighted by atomic mass is 10.1. The molecule has 2 heterocycles. The van der Waals surface area contributed by atoms with Crippen LogP contribution in [0, 0.1) is 0 Å². The van der Waals surface area contributed by atoms with Gasteiger partial charge in [-0.3, -0.25) is 9.78 Å². The average Bonchev–Trinajstić information content (AvgIpc) is 2.44. The number of anilines is 1. The Kier molecular flexibility index (Phi) is 1.73. The zero-order valence-corrected chi connectivity index (χ0v) is 7.06. The highest BCUT2D eigenvalue weighted by Gasteiger charge is 2.20. The normalized spacial score (nSPS) is 14.2. The van der Waals surface area contributed by atoms with Gasteiger partial charge in [-0.05, 0) is 6.07 Å². The smallest absolute Gasteiger partial charge is 0.228 e. The molecule has 1 amide bonds. The van der Waals surface area contributed by atoms with Crippen LogP contribution >= 0.6 is 11.6 Å². The van der Waals surface area contributed by atoms with Crippen molar-refractivity contribution in [2.24, 2.45) is 0 Å². The van der Waals surface area contributed by atoms with Crippen LogP contribution in [0.3, 0.4) is 0 Å². The number of aromatic nitrogens is 1. The predicted molar refractivity (Wildman–Crippen MR) is 46.1 cm³/mol. The van der Waals surface area contributed by atoms with E-state index in [0.29, 0.717) is 12.3 Å². The minimum absolute atomic E-state index is 0.0179. The van der Waals surface area contributed by atoms with Crippen LogP contribution in [0.1, 0.15) is 11.3 Å². The number of carbonyl (C=O) groups is 1. The minimum atomic E-state index is 0.0179. The van der Waals surface area contributed by atoms with E-state index in [1.165, 1.54) is 0 Å². The van der Waals surface area contributed by atoms with E-state index in [9.17, 15) is 4.79 Å². The second-order valence-electron chi connectivity index (χ2n) is 2.64. The summed E-state index contributed by atoms with van der Waals surface area (Å²) in [7, 11) is 0. The van der Waals surface area contributed by atoms with E-state index in [2.05, 4.69) is 10.3 Å². The lowest BCUT2D eigenvalue weighted by molar-refractivity contribution is -0.115. The first-order chi connectivity index (χ1) is 5.81. The van der Waals surface area contributed by atoms with E-state index in [1.807, 2.05) is 0 Å². The van der Waals surface area contributed by atoms with Gasteiger partial charge in [0, 0.05) is 17.4 Å². The van der Waals surface area contributed by atoms with Crippen molar-refractivity contribution in [2.45, 2.75) is 12.3 Å². The number of hydrogen-bond acceptors (Lipinski definition) is 2. The quantitative estimate of drug-likeness (QED) is 0.666. The van der Waals surface area contributed by atoms with E-state index in [-0.39, 0.29) is 5.91 Å². The highest BCUT2D eigenvalue weighted by atomic mass is 35.5. The largest absolute Gasteiger partial charge is 0.325 e. The van der Waals surface area contributed by atoms with E-state index < -0.39 is 0 Å². The monoisotopic (exact) mass is 182 g/mol. The van der Waals surface area contributed by atoms with E-state index in [4.69, 9.17) is 11.6 Å². The summed E-state index contributed by atoms with van der Waals surface area (Å²) in [4.78, 5) is 15.1. The molecule has 0 unspecified atom stereocenters. The van der Waals surface area contributed by atoms with Crippen LogP contribution < -0.4 is 5.32 Å². The van der Waals surface area contributed by atoms with Crippen molar-refractivity contribution in [2.75, 3.05) is 5.32 Å². The third-order valence-corrected chi connectivity index (χ3v) is 2.14. The van der Waals surface area contributed by atoms with Gasteiger partial charge in [-0.2, -0.15) is 0 Å². The maximum Gasteiger partial charge on any atom is 0.228 e. The van der Waals surface area contributed by atoms with Crippen LogP contribution in [0.25, 0.3) is 0 Å². The van der Waals surface area contributed by atoms with E-state index in [0.717, 1.165) is 16.9 Å². The van der Waals surface area contributed by atoms with E-state index in [1.54, 1.807) is 12.3 Å². The minimum Gasteiger partial charge on any atom is -0.325 e. The lowest BCUT2D eigenvalue weighted by Gasteiger charge is -2.00. The van der Waals surface area contributed by atoms with E-state index >= 15 is 0 Å². The molecule has 4 heteroatoms. The molecule has 3 nitrogen and oxygen atoms in total. The Morgan fingerprint density at radius 2 is 2.50 bits per heavy atom. The van der Waals surface area contributed by atoms with Gasteiger partial charge in [-0.1, -0.05) is 0 Å². The standard InChI is InChI=1S/C8H7ClN2O/c9-4-7-5-3-8(12)11-6(5)1-2-10-7/h1-2H,3-4H2,(H,11,12). The zero-order valence-electron chi connectivity index (χ0n) is 6.30. The zero-order chi connectivity index (χ0) is 8.55. The predicted octanol–water partition coefficient (Wildman–Crippen LogP) is 1.31. The van der Waals surface area contributed by atoms with Crippen molar-refractivity contribution < 1.29 is 4.79 Å². The lowest BCUT2D eigenvalue weighted by Crippen LogP contribution is -2.03. The summed E-state index contributed by atoms with van der Waals surface area (Å²) in [6.45, 7) is 0. The van der Waals surface area contributed by atoms with Crippen molar-refractivity contribution in [3.8, 4) is 0 Å². The molecule has 0 aromatic carbocycles. The molecular formula is C8H7ClN2O. The molecule has 1 aliphatic heterocycles. The topological polar surface area (TPSA) is 42.0 Å². The van der Waals surface area contributed by atoms with Gasteiger partial charge >= 0.3 is 0 Å². The Morgan fingerprint density at radius 1 is 1.67 bits per heavy atom. The third-order valence-electron chi connectivity index (χ3n) is 1.88. The summed E-state index contributed by atoms with van der Waals surface area (Å²) < 4.78 is 0. The fraction of sp³-hybridized carbons (Fsp3) is 0.250. The maximum absolute atomic E-state index is 11.0. The first-order valence-corrected chi connectivity index (χ1v) is 4.17. The average molecular weight is 183 g/mol. The van der Waals surface area contributed by atoms with Gasteiger partial charge in [0.2, 0.25) is 5.91 Å². The van der Waals surface area contributed by atoms with Crippen molar-refractivity contribution in [3.63, 3.8) is 0 Å². The van der Waals surface area contributed by atoms with Gasteiger partial charge in [-0.15, -0.1) is 11.6 Å². The number of amides is 1. The fourth-order valence-corrected chi connectivity index (χ4v) is 1.55. The molecule has 62 valence electrons. The molecule has 0 radical (unpaired) electrons. The summed E-state index contributed by atoms with van der Waals surface area (Å²) in [6.07, 6.45) is 2.06. The summed E-state index contributed by atoms with van der Waals surface area (Å²) in [5, 5.41) is 2.73. The molecule has 0 bridgehead atoms. The molecule has 1 aromatic heterocycles. The number of hydrogen-bond donors (Lipinski definition) is 1. The molecule has 0 atom stereocenters. The Bertz CT molecular complexity index is 338. The number of halogens is 1. The van der Waals surface area contributed by atoms with Crippen LogP contribution in [-0.2, 0) is 17.1 Å². The van der Waals surface area contributed by atoms with Crippen LogP contribution in [0.15, 0.2) is 12.3 Å². The Balaban J connectivity index is 2.51. The van der Waals surface area contributed by atoms with Gasteiger partial charge in [0.25, 0.3) is 0 Å². The van der Waals surface area contributed by atoms with Gasteiger partial charge in [0.15, 0.2) is 0 Å². The second-order valence-corrected chi connectivity index (χ2v) is 2.91. The van der Waals surface area contributed by atoms with Crippen LogP contribution in [0.2, 0.25) is 0 Å². The van der Waals surface area contributed by atoms with Gasteiger partial charge < -0.3 is 5.32 Å². The summed E-state index contributed by atoms with van der Waals surface area (Å²) in [5.41, 5.74) is 2.59. The van der Waals surface area contributed by atoms with Gasteiger partial charge in [0.05, 0.1) is 18.0 Å². The number of carbonyl (C=O) groups excluding carboxylic acids is 1. The molecule has 1 N–H and O–H groups in total. The molecule has 0 saturated heterocycles. The number of pyridine rings is 1. The van der Waals surface area contributed by atoms with Crippen LogP contribution in [0.4, 0.5) is 5.69 Å². The molecule has 12 heavy (non-hydrogen) atoms. The van der Waals surface area contributed by atoms with Crippen molar-refractivity contribution in [1.82, 2.24) is 4.98 Å². The summed E-state index contributed by atoms with van der Waals surface area (Å²) >= 11 is 5.66. The number of fused-ring (bicyclic) bond motifs is 1. The molecular weight excluding hydrogens is 176 g/mol. The first kappa shape index (κ1) is 7.55. The molecule has 0 spiro atoms. The number of alkyl halides is 1. The highest BCUT2D eigenvalue weighted by molar-refractivity contribution is 6.17. The Morgan fingerprint density at radius 3 is 3.25 bits per heavy atom.